The molecule has 110 valence electrons. The number of nitrogens with one attached hydrogen (secondary N) is 1. The molecule has 3 unspecified atom stereocenters. The predicted octanol–water partition coefficient (Wildman–Crippen LogP) is 5.00. The number of aryl methyl sites for hydroxylation is 1. The van der Waals surface area contributed by atoms with E-state index in [4.69, 9.17) is 0 Å². The van der Waals surface area contributed by atoms with Crippen molar-refractivity contribution in [1.29, 1.82) is 0 Å². The highest BCUT2D eigenvalue weighted by Crippen LogP contribution is 2.40. The van der Waals surface area contributed by atoms with Crippen LogP contribution in [0.3, 0.4) is 0 Å². The van der Waals surface area contributed by atoms with Gasteiger partial charge >= 0.3 is 0 Å². The van der Waals surface area contributed by atoms with Crippen molar-refractivity contribution in [2.24, 2.45) is 11.8 Å². The van der Waals surface area contributed by atoms with Crippen LogP contribution in [0.1, 0.15) is 69.0 Å². The topological polar surface area (TPSA) is 12.0 Å². The highest BCUT2D eigenvalue weighted by Gasteiger charge is 2.32. The molecule has 0 spiro atoms. The van der Waals surface area contributed by atoms with E-state index in [1.807, 2.05) is 0 Å². The van der Waals surface area contributed by atoms with E-state index in [-0.39, 0.29) is 0 Å². The lowest BCUT2D eigenvalue weighted by atomic mass is 9.69. The van der Waals surface area contributed by atoms with Crippen molar-refractivity contribution >= 4 is 0 Å². The molecule has 0 heterocycles. The van der Waals surface area contributed by atoms with Crippen LogP contribution in [-0.4, -0.2) is 6.04 Å². The van der Waals surface area contributed by atoms with Gasteiger partial charge in [0.2, 0.25) is 0 Å². The zero-order chi connectivity index (χ0) is 13.9. The minimum absolute atomic E-state index is 0.486. The van der Waals surface area contributed by atoms with Crippen molar-refractivity contribution in [2.75, 3.05) is 0 Å². The molecule has 3 rings (SSSR count). The Morgan fingerprint density at radius 2 is 1.85 bits per heavy atom. The molecule has 0 aromatic heterocycles. The summed E-state index contributed by atoms with van der Waals surface area (Å²) < 4.78 is 0. The molecule has 2 saturated carbocycles. The third kappa shape index (κ3) is 3.25. The standard InChI is InChI=1S/C19H29N/c1-14-6-5-9-17(12-14)15(2)20-19-11-10-16-7-3-4-8-18(16)13-19/h5-6,9,12,15-16,18-20H,3-4,7-8,10-11,13H2,1-2H3/t15-,16?,18?,19?/m1/s1. The SMILES string of the molecule is Cc1cccc([C@@H](C)NC2CCC3CCCCC3C2)c1. The summed E-state index contributed by atoms with van der Waals surface area (Å²) in [5, 5.41) is 3.90. The molecule has 1 nitrogen and oxygen atoms in total. The lowest BCUT2D eigenvalue weighted by Crippen LogP contribution is -2.39. The Hall–Kier alpha value is -0.820. The molecule has 20 heavy (non-hydrogen) atoms. The van der Waals surface area contributed by atoms with E-state index >= 15 is 0 Å². The lowest BCUT2D eigenvalue weighted by Gasteiger charge is -2.40. The summed E-state index contributed by atoms with van der Waals surface area (Å²) in [6.07, 6.45) is 10.2. The van der Waals surface area contributed by atoms with Crippen molar-refractivity contribution in [3.63, 3.8) is 0 Å². The molecule has 2 aliphatic carbocycles. The van der Waals surface area contributed by atoms with Crippen LogP contribution in [0, 0.1) is 18.8 Å². The Kier molecular flexibility index (Phi) is 4.45. The fraction of sp³-hybridized carbons (Fsp3) is 0.684. The summed E-state index contributed by atoms with van der Waals surface area (Å²) in [6.45, 7) is 4.51. The van der Waals surface area contributed by atoms with Crippen molar-refractivity contribution in [1.82, 2.24) is 5.32 Å². The first-order chi connectivity index (χ1) is 9.72. The second-order valence-corrected chi connectivity index (χ2v) is 7.12. The Balaban J connectivity index is 1.58. The largest absolute Gasteiger partial charge is 0.307 e. The van der Waals surface area contributed by atoms with Crippen LogP contribution in [-0.2, 0) is 0 Å². The lowest BCUT2D eigenvalue weighted by molar-refractivity contribution is 0.139. The first-order valence-corrected chi connectivity index (χ1v) is 8.55. The van der Waals surface area contributed by atoms with Crippen molar-refractivity contribution < 1.29 is 0 Å². The van der Waals surface area contributed by atoms with Crippen LogP contribution in [0.4, 0.5) is 0 Å². The smallest absolute Gasteiger partial charge is 0.0294 e. The van der Waals surface area contributed by atoms with Crippen LogP contribution in [0.25, 0.3) is 0 Å². The first-order valence-electron chi connectivity index (χ1n) is 8.55. The van der Waals surface area contributed by atoms with E-state index < -0.39 is 0 Å². The average Bonchev–Trinajstić information content (AvgIpc) is 2.47. The maximum atomic E-state index is 3.90. The van der Waals surface area contributed by atoms with Gasteiger partial charge in [-0.15, -0.1) is 0 Å². The van der Waals surface area contributed by atoms with Crippen LogP contribution < -0.4 is 5.32 Å². The minimum atomic E-state index is 0.486. The van der Waals surface area contributed by atoms with Crippen molar-refractivity contribution in [3.8, 4) is 0 Å². The molecule has 2 aliphatic rings. The molecular weight excluding hydrogens is 242 g/mol. The summed E-state index contributed by atoms with van der Waals surface area (Å²) in [6, 6.07) is 10.2. The fourth-order valence-corrected chi connectivity index (χ4v) is 4.41. The Bertz CT molecular complexity index is 439. The second kappa shape index (κ2) is 6.30. The number of benzene rings is 1. The molecule has 1 aromatic carbocycles. The predicted molar refractivity (Wildman–Crippen MR) is 85.8 cm³/mol. The van der Waals surface area contributed by atoms with E-state index in [0.29, 0.717) is 6.04 Å². The summed E-state index contributed by atoms with van der Waals surface area (Å²) in [4.78, 5) is 0. The van der Waals surface area contributed by atoms with E-state index in [0.717, 1.165) is 17.9 Å². The van der Waals surface area contributed by atoms with E-state index in [1.165, 1.54) is 56.1 Å². The molecule has 0 bridgehead atoms. The van der Waals surface area contributed by atoms with Gasteiger partial charge < -0.3 is 5.32 Å². The monoisotopic (exact) mass is 271 g/mol. The maximum Gasteiger partial charge on any atom is 0.0294 e. The van der Waals surface area contributed by atoms with Gasteiger partial charge in [-0.05, 0) is 50.5 Å². The van der Waals surface area contributed by atoms with Crippen molar-refractivity contribution in [3.05, 3.63) is 35.4 Å². The zero-order valence-corrected chi connectivity index (χ0v) is 13.1. The van der Waals surface area contributed by atoms with Crippen LogP contribution in [0.2, 0.25) is 0 Å². The molecule has 0 aliphatic heterocycles. The number of hydrogen-bond acceptors (Lipinski definition) is 1. The summed E-state index contributed by atoms with van der Waals surface area (Å²) in [7, 11) is 0. The van der Waals surface area contributed by atoms with Gasteiger partial charge in [0.25, 0.3) is 0 Å². The van der Waals surface area contributed by atoms with Gasteiger partial charge in [0, 0.05) is 12.1 Å². The molecule has 1 aromatic rings. The maximum absolute atomic E-state index is 3.90. The van der Waals surface area contributed by atoms with Gasteiger partial charge in [-0.3, -0.25) is 0 Å². The van der Waals surface area contributed by atoms with Gasteiger partial charge in [-0.1, -0.05) is 55.5 Å². The average molecular weight is 271 g/mol. The van der Waals surface area contributed by atoms with E-state index in [9.17, 15) is 0 Å². The summed E-state index contributed by atoms with van der Waals surface area (Å²) in [5.74, 6) is 2.07. The summed E-state index contributed by atoms with van der Waals surface area (Å²) >= 11 is 0. The fourth-order valence-electron chi connectivity index (χ4n) is 4.41. The van der Waals surface area contributed by atoms with E-state index in [2.05, 4.69) is 43.4 Å². The molecular formula is C19H29N. The molecule has 2 fully saturated rings. The Labute approximate surface area is 124 Å². The molecule has 1 N–H and O–H groups in total. The van der Waals surface area contributed by atoms with Crippen LogP contribution in [0.15, 0.2) is 24.3 Å². The molecule has 0 saturated heterocycles. The normalized spacial score (nSPS) is 31.6. The zero-order valence-electron chi connectivity index (χ0n) is 13.1. The third-order valence-electron chi connectivity index (χ3n) is 5.57. The Morgan fingerprint density at radius 3 is 2.65 bits per heavy atom. The van der Waals surface area contributed by atoms with Gasteiger partial charge in [0.15, 0.2) is 0 Å². The Morgan fingerprint density at radius 1 is 1.05 bits per heavy atom. The second-order valence-electron chi connectivity index (χ2n) is 7.12. The van der Waals surface area contributed by atoms with Gasteiger partial charge in [-0.25, -0.2) is 0 Å². The van der Waals surface area contributed by atoms with Gasteiger partial charge in [-0.2, -0.15) is 0 Å². The van der Waals surface area contributed by atoms with Crippen LogP contribution in [0.5, 0.6) is 0 Å². The molecule has 0 amide bonds. The van der Waals surface area contributed by atoms with Crippen LogP contribution >= 0.6 is 0 Å². The number of fused-ring (bicyclic) bond motifs is 1. The molecule has 1 heteroatoms. The highest BCUT2D eigenvalue weighted by molar-refractivity contribution is 5.24. The minimum Gasteiger partial charge on any atom is -0.307 e. The third-order valence-corrected chi connectivity index (χ3v) is 5.57. The molecule has 0 radical (unpaired) electrons. The van der Waals surface area contributed by atoms with Gasteiger partial charge in [0.1, 0.15) is 0 Å². The van der Waals surface area contributed by atoms with Crippen molar-refractivity contribution in [2.45, 2.75) is 70.9 Å². The highest BCUT2D eigenvalue weighted by atomic mass is 14.9. The van der Waals surface area contributed by atoms with Gasteiger partial charge in [0.05, 0.1) is 0 Å². The molecule has 4 atom stereocenters. The first kappa shape index (κ1) is 14.1. The number of rotatable bonds is 3. The van der Waals surface area contributed by atoms with E-state index in [1.54, 1.807) is 0 Å². The quantitative estimate of drug-likeness (QED) is 0.815. The number of hydrogen-bond donors (Lipinski definition) is 1. The summed E-state index contributed by atoms with van der Waals surface area (Å²) in [5.41, 5.74) is 2.81.